The van der Waals surface area contributed by atoms with Gasteiger partial charge in [-0.05, 0) is 64.2 Å². The Morgan fingerprint density at radius 2 is 2.13 bits per heavy atom. The third kappa shape index (κ3) is 7.84. The number of rotatable bonds is 7. The zero-order chi connectivity index (χ0) is 17.5. The zero-order valence-electron chi connectivity index (χ0n) is 14.7. The third-order valence-electron chi connectivity index (χ3n) is 3.24. The fraction of sp³-hybridized carbons (Fsp3) is 0.526. The minimum absolute atomic E-state index is 0.294. The van der Waals surface area contributed by atoms with Gasteiger partial charge in [0.25, 0.3) is 0 Å². The van der Waals surface area contributed by atoms with Gasteiger partial charge in [-0.1, -0.05) is 19.1 Å². The Morgan fingerprint density at radius 1 is 1.43 bits per heavy atom. The summed E-state index contributed by atoms with van der Waals surface area (Å²) in [4.78, 5) is 11.5. The molecule has 23 heavy (non-hydrogen) atoms. The monoisotopic (exact) mass is 320 g/mol. The van der Waals surface area contributed by atoms with Gasteiger partial charge in [-0.2, -0.15) is 0 Å². The van der Waals surface area contributed by atoms with E-state index in [1.807, 2.05) is 39.8 Å². The van der Waals surface area contributed by atoms with Gasteiger partial charge in [0, 0.05) is 6.08 Å². The normalized spacial score (nSPS) is 15.7. The van der Waals surface area contributed by atoms with Crippen molar-refractivity contribution >= 4 is 5.97 Å². The van der Waals surface area contributed by atoms with Crippen molar-refractivity contribution in [3.63, 3.8) is 0 Å². The summed E-state index contributed by atoms with van der Waals surface area (Å²) >= 11 is 0. The first-order chi connectivity index (χ1) is 10.7. The number of aliphatic hydroxyl groups excluding tert-OH is 1. The molecule has 0 radical (unpaired) electrons. The number of hydrogen-bond acceptors (Lipinski definition) is 4. The molecule has 1 aromatic heterocycles. The molecule has 0 amide bonds. The Labute approximate surface area is 138 Å². The lowest BCUT2D eigenvalue weighted by atomic mass is 9.99. The molecule has 128 valence electrons. The van der Waals surface area contributed by atoms with E-state index in [0.29, 0.717) is 11.7 Å². The van der Waals surface area contributed by atoms with Gasteiger partial charge in [-0.25, -0.2) is 4.79 Å². The van der Waals surface area contributed by atoms with Gasteiger partial charge in [-0.15, -0.1) is 0 Å². The summed E-state index contributed by atoms with van der Waals surface area (Å²) in [5.74, 6) is 0.531. The Balaban J connectivity index is 2.40. The van der Waals surface area contributed by atoms with Gasteiger partial charge in [0.2, 0.25) is 0 Å². The van der Waals surface area contributed by atoms with Crippen LogP contribution in [-0.4, -0.2) is 16.7 Å². The highest BCUT2D eigenvalue weighted by molar-refractivity contribution is 5.82. The van der Waals surface area contributed by atoms with E-state index in [2.05, 4.69) is 6.92 Å². The first-order valence-electron chi connectivity index (χ1n) is 7.98. The number of allylic oxidation sites excluding steroid dienone is 2. The molecule has 0 aliphatic carbocycles. The SMILES string of the molecule is C/C(=C\[C@H](C)CC/C=C/C(=O)OC(C)(C)C)[C@@H](O)c1ccco1. The van der Waals surface area contributed by atoms with Crippen LogP contribution < -0.4 is 0 Å². The van der Waals surface area contributed by atoms with Crippen LogP contribution in [0.25, 0.3) is 0 Å². The summed E-state index contributed by atoms with van der Waals surface area (Å²) in [5, 5.41) is 10.1. The van der Waals surface area contributed by atoms with Crippen LogP contribution in [0.4, 0.5) is 0 Å². The maximum atomic E-state index is 11.5. The molecule has 2 atom stereocenters. The van der Waals surface area contributed by atoms with Gasteiger partial charge in [0.1, 0.15) is 17.5 Å². The van der Waals surface area contributed by atoms with Crippen molar-refractivity contribution < 1.29 is 19.1 Å². The van der Waals surface area contributed by atoms with Crippen molar-refractivity contribution in [1.82, 2.24) is 0 Å². The minimum Gasteiger partial charge on any atom is -0.466 e. The lowest BCUT2D eigenvalue weighted by Gasteiger charge is -2.17. The molecule has 0 saturated carbocycles. The van der Waals surface area contributed by atoms with E-state index in [1.165, 1.54) is 6.08 Å². The molecule has 1 rings (SSSR count). The van der Waals surface area contributed by atoms with Crippen molar-refractivity contribution in [2.45, 2.75) is 59.2 Å². The molecule has 1 heterocycles. The van der Waals surface area contributed by atoms with Gasteiger partial charge in [0.15, 0.2) is 0 Å². The summed E-state index contributed by atoms with van der Waals surface area (Å²) in [6.45, 7) is 9.51. The average Bonchev–Trinajstić information content (AvgIpc) is 2.94. The molecule has 0 bridgehead atoms. The molecule has 0 unspecified atom stereocenters. The summed E-state index contributed by atoms with van der Waals surface area (Å²) < 4.78 is 10.4. The summed E-state index contributed by atoms with van der Waals surface area (Å²) in [6, 6.07) is 3.52. The van der Waals surface area contributed by atoms with E-state index >= 15 is 0 Å². The van der Waals surface area contributed by atoms with Crippen molar-refractivity contribution in [1.29, 1.82) is 0 Å². The van der Waals surface area contributed by atoms with E-state index in [0.717, 1.165) is 18.4 Å². The molecule has 0 aliphatic heterocycles. The molecule has 1 N–H and O–H groups in total. The number of carbonyl (C=O) groups is 1. The van der Waals surface area contributed by atoms with Crippen LogP contribution in [0.5, 0.6) is 0 Å². The maximum Gasteiger partial charge on any atom is 0.330 e. The molecule has 0 saturated heterocycles. The molecule has 0 aliphatic rings. The number of ether oxygens (including phenoxy) is 1. The second-order valence-corrected chi connectivity index (χ2v) is 6.82. The van der Waals surface area contributed by atoms with E-state index in [1.54, 1.807) is 18.4 Å². The highest BCUT2D eigenvalue weighted by Crippen LogP contribution is 2.23. The summed E-state index contributed by atoms with van der Waals surface area (Å²) in [6.07, 6.45) is 7.86. The standard InChI is InChI=1S/C19H28O4/c1-14(9-6-7-11-17(20)23-19(3,4)5)13-15(2)18(21)16-10-8-12-22-16/h7-8,10-14,18,21H,6,9H2,1-5H3/b11-7+,15-13+/t14-,18-/m1/s1. The molecule has 4 heteroatoms. The largest absolute Gasteiger partial charge is 0.466 e. The van der Waals surface area contributed by atoms with Crippen LogP contribution in [0.1, 0.15) is 59.3 Å². The lowest BCUT2D eigenvalue weighted by Crippen LogP contribution is -2.22. The van der Waals surface area contributed by atoms with E-state index < -0.39 is 11.7 Å². The molecular weight excluding hydrogens is 292 g/mol. The van der Waals surface area contributed by atoms with Crippen LogP contribution in [0.2, 0.25) is 0 Å². The van der Waals surface area contributed by atoms with Crippen molar-refractivity contribution in [3.05, 3.63) is 48.0 Å². The Kier molecular flexibility index (Phi) is 7.30. The van der Waals surface area contributed by atoms with Crippen molar-refractivity contribution in [2.75, 3.05) is 0 Å². The quantitative estimate of drug-likeness (QED) is 0.454. The number of esters is 1. The van der Waals surface area contributed by atoms with Gasteiger partial charge < -0.3 is 14.3 Å². The molecule has 0 aromatic carbocycles. The Bertz CT molecular complexity index is 532. The number of furan rings is 1. The van der Waals surface area contributed by atoms with Crippen LogP contribution in [0.15, 0.2) is 46.6 Å². The highest BCUT2D eigenvalue weighted by atomic mass is 16.6. The van der Waals surface area contributed by atoms with Crippen LogP contribution in [0.3, 0.4) is 0 Å². The summed E-state index contributed by atoms with van der Waals surface area (Å²) in [5.41, 5.74) is 0.403. The van der Waals surface area contributed by atoms with E-state index in [9.17, 15) is 9.90 Å². The lowest BCUT2D eigenvalue weighted by molar-refractivity contribution is -0.148. The number of carbonyl (C=O) groups excluding carboxylic acids is 1. The average molecular weight is 320 g/mol. The van der Waals surface area contributed by atoms with E-state index in [4.69, 9.17) is 9.15 Å². The van der Waals surface area contributed by atoms with Crippen LogP contribution >= 0.6 is 0 Å². The number of hydrogen-bond donors (Lipinski definition) is 1. The Hall–Kier alpha value is -1.81. The maximum absolute atomic E-state index is 11.5. The first kappa shape index (κ1) is 19.2. The second-order valence-electron chi connectivity index (χ2n) is 6.82. The highest BCUT2D eigenvalue weighted by Gasteiger charge is 2.14. The van der Waals surface area contributed by atoms with E-state index in [-0.39, 0.29) is 5.97 Å². The predicted octanol–water partition coefficient (Wildman–Crippen LogP) is 4.57. The zero-order valence-corrected chi connectivity index (χ0v) is 14.7. The molecule has 0 fully saturated rings. The molecule has 0 spiro atoms. The number of aliphatic hydroxyl groups is 1. The topological polar surface area (TPSA) is 59.7 Å². The molecular formula is C19H28O4. The van der Waals surface area contributed by atoms with Crippen LogP contribution in [-0.2, 0) is 9.53 Å². The third-order valence-corrected chi connectivity index (χ3v) is 3.24. The second kappa shape index (κ2) is 8.73. The Morgan fingerprint density at radius 3 is 2.70 bits per heavy atom. The van der Waals surface area contributed by atoms with Crippen molar-refractivity contribution in [3.8, 4) is 0 Å². The van der Waals surface area contributed by atoms with Crippen molar-refractivity contribution in [2.24, 2.45) is 5.92 Å². The molecule has 4 nitrogen and oxygen atoms in total. The van der Waals surface area contributed by atoms with Gasteiger partial charge in [0.05, 0.1) is 6.26 Å². The fourth-order valence-electron chi connectivity index (χ4n) is 2.17. The fourth-order valence-corrected chi connectivity index (χ4v) is 2.17. The smallest absolute Gasteiger partial charge is 0.330 e. The molecule has 1 aromatic rings. The predicted molar refractivity (Wildman–Crippen MR) is 90.8 cm³/mol. The minimum atomic E-state index is -0.704. The van der Waals surface area contributed by atoms with Crippen LogP contribution in [0, 0.1) is 5.92 Å². The van der Waals surface area contributed by atoms with Gasteiger partial charge >= 0.3 is 5.97 Å². The summed E-state index contributed by atoms with van der Waals surface area (Å²) in [7, 11) is 0. The first-order valence-corrected chi connectivity index (χ1v) is 7.98. The van der Waals surface area contributed by atoms with Gasteiger partial charge in [-0.3, -0.25) is 0 Å².